The van der Waals surface area contributed by atoms with Crippen LogP contribution in [0.25, 0.3) is 0 Å². The summed E-state index contributed by atoms with van der Waals surface area (Å²) >= 11 is 0. The van der Waals surface area contributed by atoms with Crippen LogP contribution < -0.4 is 11.3 Å². The molecule has 2 unspecified atom stereocenters. The highest BCUT2D eigenvalue weighted by Crippen LogP contribution is 2.25. The van der Waals surface area contributed by atoms with E-state index in [4.69, 9.17) is 5.84 Å². The van der Waals surface area contributed by atoms with Crippen molar-refractivity contribution in [1.82, 2.24) is 14.8 Å². The maximum absolute atomic E-state index is 5.42. The molecule has 0 saturated carbocycles. The van der Waals surface area contributed by atoms with E-state index in [1.807, 2.05) is 12.1 Å². The minimum atomic E-state index is 0.602. The molecule has 3 rings (SSSR count). The van der Waals surface area contributed by atoms with Crippen LogP contribution >= 0.6 is 0 Å². The van der Waals surface area contributed by atoms with Gasteiger partial charge in [-0.2, -0.15) is 0 Å². The lowest BCUT2D eigenvalue weighted by atomic mass is 10.1. The Labute approximate surface area is 114 Å². The van der Waals surface area contributed by atoms with Gasteiger partial charge in [0, 0.05) is 31.7 Å². The molecular weight excluding hydrogens is 238 g/mol. The molecule has 2 aliphatic heterocycles. The van der Waals surface area contributed by atoms with Crippen LogP contribution in [0.2, 0.25) is 0 Å². The first kappa shape index (κ1) is 12.8. The Kier molecular flexibility index (Phi) is 3.68. The molecule has 3 N–H and O–H groups in total. The van der Waals surface area contributed by atoms with E-state index in [1.165, 1.54) is 32.5 Å². The second-order valence-electron chi connectivity index (χ2n) is 5.73. The smallest absolute Gasteiger partial charge is 0.140 e. The van der Waals surface area contributed by atoms with Crippen molar-refractivity contribution in [3.05, 3.63) is 23.9 Å². The van der Waals surface area contributed by atoms with Crippen LogP contribution in [0.15, 0.2) is 18.2 Å². The largest absolute Gasteiger partial charge is 0.308 e. The van der Waals surface area contributed by atoms with Gasteiger partial charge in [0.2, 0.25) is 0 Å². The minimum Gasteiger partial charge on any atom is -0.308 e. The summed E-state index contributed by atoms with van der Waals surface area (Å²) in [6.07, 6.45) is 2.71. The number of fused-ring (bicyclic) bond motifs is 1. The van der Waals surface area contributed by atoms with Gasteiger partial charge < -0.3 is 5.43 Å². The van der Waals surface area contributed by atoms with E-state index in [2.05, 4.69) is 33.2 Å². The first-order valence-corrected chi connectivity index (χ1v) is 7.17. The Morgan fingerprint density at radius 3 is 3.16 bits per heavy atom. The molecular formula is C14H23N5. The summed E-state index contributed by atoms with van der Waals surface area (Å²) in [5.41, 5.74) is 3.71. The fourth-order valence-corrected chi connectivity index (χ4v) is 3.32. The van der Waals surface area contributed by atoms with E-state index in [-0.39, 0.29) is 0 Å². The van der Waals surface area contributed by atoms with Gasteiger partial charge in [0.1, 0.15) is 5.82 Å². The van der Waals surface area contributed by atoms with E-state index in [9.17, 15) is 0 Å². The average molecular weight is 261 g/mol. The molecule has 2 aliphatic rings. The van der Waals surface area contributed by atoms with Crippen molar-refractivity contribution in [2.45, 2.75) is 38.4 Å². The number of hydrogen-bond acceptors (Lipinski definition) is 5. The van der Waals surface area contributed by atoms with Crippen LogP contribution in [-0.4, -0.2) is 46.5 Å². The molecule has 2 saturated heterocycles. The third-order valence-electron chi connectivity index (χ3n) is 4.39. The second kappa shape index (κ2) is 5.45. The van der Waals surface area contributed by atoms with Crippen LogP contribution in [0.5, 0.6) is 0 Å². The van der Waals surface area contributed by atoms with Gasteiger partial charge in [-0.3, -0.25) is 9.80 Å². The van der Waals surface area contributed by atoms with Gasteiger partial charge >= 0.3 is 0 Å². The molecule has 19 heavy (non-hydrogen) atoms. The highest BCUT2D eigenvalue weighted by Gasteiger charge is 2.34. The zero-order valence-electron chi connectivity index (χ0n) is 11.5. The lowest BCUT2D eigenvalue weighted by molar-refractivity contribution is 0.0532. The van der Waals surface area contributed by atoms with E-state index in [0.717, 1.165) is 24.1 Å². The molecule has 2 fully saturated rings. The Balaban J connectivity index is 1.68. The molecule has 5 nitrogen and oxygen atoms in total. The van der Waals surface area contributed by atoms with Crippen LogP contribution in [0.1, 0.15) is 25.5 Å². The molecule has 2 atom stereocenters. The standard InChI is InChI=1S/C14H23N5/c1-11-8-18-7-3-5-13(18)10-19(11)9-12-4-2-6-14(16-12)17-15/h2,4,6,11,13H,3,5,7-10,15H2,1H3,(H,16,17). The number of nitrogens with two attached hydrogens (primary N) is 1. The summed E-state index contributed by atoms with van der Waals surface area (Å²) in [5.74, 6) is 6.16. The van der Waals surface area contributed by atoms with E-state index >= 15 is 0 Å². The Morgan fingerprint density at radius 1 is 1.42 bits per heavy atom. The monoisotopic (exact) mass is 261 g/mol. The number of anilines is 1. The number of aromatic nitrogens is 1. The molecule has 0 spiro atoms. The first-order valence-electron chi connectivity index (χ1n) is 7.17. The summed E-state index contributed by atoms with van der Waals surface area (Å²) in [4.78, 5) is 9.71. The van der Waals surface area contributed by atoms with Crippen molar-refractivity contribution in [3.63, 3.8) is 0 Å². The number of nitrogens with one attached hydrogen (secondary N) is 1. The predicted molar refractivity (Wildman–Crippen MR) is 76.5 cm³/mol. The van der Waals surface area contributed by atoms with Gasteiger partial charge in [-0.25, -0.2) is 10.8 Å². The molecule has 0 aromatic carbocycles. The van der Waals surface area contributed by atoms with Gasteiger partial charge in [-0.15, -0.1) is 0 Å². The SMILES string of the molecule is CC1CN2CCCC2CN1Cc1cccc(NN)n1. The zero-order valence-corrected chi connectivity index (χ0v) is 11.5. The predicted octanol–water partition coefficient (Wildman–Crippen LogP) is 1.04. The van der Waals surface area contributed by atoms with Gasteiger partial charge in [0.15, 0.2) is 0 Å². The lowest BCUT2D eigenvalue weighted by Gasteiger charge is -2.42. The Hall–Kier alpha value is -1.17. The highest BCUT2D eigenvalue weighted by molar-refractivity contribution is 5.33. The van der Waals surface area contributed by atoms with Gasteiger partial charge in [0.25, 0.3) is 0 Å². The molecule has 104 valence electrons. The summed E-state index contributed by atoms with van der Waals surface area (Å²) < 4.78 is 0. The van der Waals surface area contributed by atoms with Crippen molar-refractivity contribution in [2.24, 2.45) is 5.84 Å². The number of rotatable bonds is 3. The second-order valence-corrected chi connectivity index (χ2v) is 5.73. The van der Waals surface area contributed by atoms with Crippen LogP contribution in [-0.2, 0) is 6.54 Å². The van der Waals surface area contributed by atoms with Crippen molar-refractivity contribution in [2.75, 3.05) is 25.1 Å². The third kappa shape index (κ3) is 2.73. The maximum atomic E-state index is 5.42. The van der Waals surface area contributed by atoms with E-state index in [0.29, 0.717) is 6.04 Å². The number of piperazine rings is 1. The Bertz CT molecular complexity index is 436. The normalized spacial score (nSPS) is 28.3. The van der Waals surface area contributed by atoms with Crippen molar-refractivity contribution in [1.29, 1.82) is 0 Å². The molecule has 5 heteroatoms. The average Bonchev–Trinajstić information content (AvgIpc) is 2.86. The molecule has 0 bridgehead atoms. The van der Waals surface area contributed by atoms with Gasteiger partial charge in [0.05, 0.1) is 5.69 Å². The zero-order chi connectivity index (χ0) is 13.2. The van der Waals surface area contributed by atoms with Gasteiger partial charge in [-0.1, -0.05) is 6.07 Å². The van der Waals surface area contributed by atoms with E-state index < -0.39 is 0 Å². The molecule has 0 radical (unpaired) electrons. The summed E-state index contributed by atoms with van der Waals surface area (Å²) in [5, 5.41) is 0. The van der Waals surface area contributed by atoms with E-state index in [1.54, 1.807) is 0 Å². The fourth-order valence-electron chi connectivity index (χ4n) is 3.32. The van der Waals surface area contributed by atoms with Crippen molar-refractivity contribution < 1.29 is 0 Å². The quantitative estimate of drug-likeness (QED) is 0.629. The summed E-state index contributed by atoms with van der Waals surface area (Å²) in [6, 6.07) is 7.34. The van der Waals surface area contributed by atoms with Crippen molar-refractivity contribution >= 4 is 5.82 Å². The summed E-state index contributed by atoms with van der Waals surface area (Å²) in [7, 11) is 0. The number of pyridine rings is 1. The molecule has 0 aliphatic carbocycles. The van der Waals surface area contributed by atoms with Crippen molar-refractivity contribution in [3.8, 4) is 0 Å². The topological polar surface area (TPSA) is 57.4 Å². The van der Waals surface area contributed by atoms with Gasteiger partial charge in [-0.05, 0) is 38.4 Å². The first-order chi connectivity index (χ1) is 9.26. The molecule has 0 amide bonds. The highest BCUT2D eigenvalue weighted by atomic mass is 15.3. The fraction of sp³-hybridized carbons (Fsp3) is 0.643. The third-order valence-corrected chi connectivity index (χ3v) is 4.39. The molecule has 1 aromatic heterocycles. The minimum absolute atomic E-state index is 0.602. The Morgan fingerprint density at radius 2 is 2.32 bits per heavy atom. The number of hydrazine groups is 1. The van der Waals surface area contributed by atoms with Crippen LogP contribution in [0.4, 0.5) is 5.82 Å². The molecule has 1 aromatic rings. The number of hydrogen-bond donors (Lipinski definition) is 2. The number of nitrogen functional groups attached to an aromatic ring is 1. The number of nitrogens with zero attached hydrogens (tertiary/aromatic N) is 3. The molecule has 3 heterocycles. The maximum Gasteiger partial charge on any atom is 0.140 e. The van der Waals surface area contributed by atoms with Crippen LogP contribution in [0, 0.1) is 0 Å². The summed E-state index contributed by atoms with van der Waals surface area (Å²) in [6.45, 7) is 6.89. The van der Waals surface area contributed by atoms with Crippen LogP contribution in [0.3, 0.4) is 0 Å². The lowest BCUT2D eigenvalue weighted by Crippen LogP contribution is -2.54.